The molecule has 0 bridgehead atoms. The smallest absolute Gasteiger partial charge is 0.317 e. The van der Waals surface area contributed by atoms with Gasteiger partial charge in [-0.05, 0) is 44.7 Å². The van der Waals surface area contributed by atoms with Gasteiger partial charge in [0.25, 0.3) is 0 Å². The third-order valence-corrected chi connectivity index (χ3v) is 7.64. The molecular formula is C21H30N2O6S. The standard InChI is InChI=1S/C21H30N2O6S/c1-2-28-19(24)21(11-14-29-18-6-4-3-5-7-18)9-12-23(13-10-21)20(25)22-17-8-15-30(26,27)16-17/h3-7,17H,2,8-16H2,1H3,(H,22,25)/t17-/m0/s1. The predicted octanol–water partition coefficient (Wildman–Crippen LogP) is 2.00. The summed E-state index contributed by atoms with van der Waals surface area (Å²) in [6, 6.07) is 8.83. The second kappa shape index (κ2) is 9.68. The molecule has 2 heterocycles. The largest absolute Gasteiger partial charge is 0.494 e. The Morgan fingerprint density at radius 2 is 1.90 bits per heavy atom. The number of amides is 2. The molecular weight excluding hydrogens is 408 g/mol. The molecule has 0 radical (unpaired) electrons. The Bertz CT molecular complexity index is 834. The molecule has 30 heavy (non-hydrogen) atoms. The number of urea groups is 1. The molecule has 3 rings (SSSR count). The monoisotopic (exact) mass is 438 g/mol. The Morgan fingerprint density at radius 1 is 1.20 bits per heavy atom. The zero-order valence-corrected chi connectivity index (χ0v) is 18.2. The lowest BCUT2D eigenvalue weighted by Gasteiger charge is -2.40. The SMILES string of the molecule is CCOC(=O)C1(CCOc2ccccc2)CCN(C(=O)N[C@H]2CCS(=O)(=O)C2)CC1. The summed E-state index contributed by atoms with van der Waals surface area (Å²) in [7, 11) is -3.05. The fraction of sp³-hybridized carbons (Fsp3) is 0.619. The fourth-order valence-electron chi connectivity index (χ4n) is 4.03. The highest BCUT2D eigenvalue weighted by Gasteiger charge is 2.43. The van der Waals surface area contributed by atoms with E-state index in [4.69, 9.17) is 9.47 Å². The van der Waals surface area contributed by atoms with Crippen LogP contribution in [0, 0.1) is 5.41 Å². The van der Waals surface area contributed by atoms with Gasteiger partial charge in [-0.3, -0.25) is 4.79 Å². The molecule has 0 aliphatic carbocycles. The van der Waals surface area contributed by atoms with Gasteiger partial charge in [0, 0.05) is 19.1 Å². The van der Waals surface area contributed by atoms with Gasteiger partial charge in [-0.1, -0.05) is 18.2 Å². The van der Waals surface area contributed by atoms with Gasteiger partial charge < -0.3 is 19.7 Å². The summed E-state index contributed by atoms with van der Waals surface area (Å²) in [4.78, 5) is 26.9. The Labute approximate surface area is 177 Å². The number of para-hydroxylation sites is 1. The first-order valence-electron chi connectivity index (χ1n) is 10.4. The van der Waals surface area contributed by atoms with Crippen LogP contribution in [-0.2, 0) is 19.4 Å². The van der Waals surface area contributed by atoms with E-state index >= 15 is 0 Å². The number of rotatable bonds is 7. The summed E-state index contributed by atoms with van der Waals surface area (Å²) in [5, 5.41) is 2.82. The highest BCUT2D eigenvalue weighted by Crippen LogP contribution is 2.37. The van der Waals surface area contributed by atoms with Gasteiger partial charge in [-0.2, -0.15) is 0 Å². The minimum absolute atomic E-state index is 0.00380. The Morgan fingerprint density at radius 3 is 2.50 bits per heavy atom. The Hall–Kier alpha value is -2.29. The molecule has 166 valence electrons. The zero-order chi connectivity index (χ0) is 21.6. The first kappa shape index (κ1) is 22.4. The molecule has 2 saturated heterocycles. The molecule has 0 aromatic heterocycles. The number of carbonyl (C=O) groups is 2. The molecule has 2 aliphatic heterocycles. The molecule has 0 saturated carbocycles. The molecule has 2 aliphatic rings. The van der Waals surface area contributed by atoms with Gasteiger partial charge >= 0.3 is 12.0 Å². The van der Waals surface area contributed by atoms with E-state index in [2.05, 4.69) is 5.32 Å². The summed E-state index contributed by atoms with van der Waals surface area (Å²) < 4.78 is 34.3. The highest BCUT2D eigenvalue weighted by molar-refractivity contribution is 7.91. The van der Waals surface area contributed by atoms with Crippen LogP contribution in [0.5, 0.6) is 5.75 Å². The van der Waals surface area contributed by atoms with Crippen LogP contribution in [0.1, 0.15) is 32.6 Å². The lowest BCUT2D eigenvalue weighted by molar-refractivity contribution is -0.159. The molecule has 1 aromatic rings. The summed E-state index contributed by atoms with van der Waals surface area (Å²) >= 11 is 0. The van der Waals surface area contributed by atoms with E-state index in [9.17, 15) is 18.0 Å². The maximum atomic E-state index is 12.7. The van der Waals surface area contributed by atoms with Crippen molar-refractivity contribution in [2.75, 3.05) is 37.8 Å². The van der Waals surface area contributed by atoms with Gasteiger partial charge in [-0.15, -0.1) is 0 Å². The second-order valence-electron chi connectivity index (χ2n) is 7.95. The molecule has 0 unspecified atom stereocenters. The number of sulfone groups is 1. The van der Waals surface area contributed by atoms with Crippen molar-refractivity contribution in [3.63, 3.8) is 0 Å². The number of benzene rings is 1. The Kier molecular flexibility index (Phi) is 7.23. The fourth-order valence-corrected chi connectivity index (χ4v) is 5.71. The summed E-state index contributed by atoms with van der Waals surface area (Å²) in [6.45, 7) is 3.30. The van der Waals surface area contributed by atoms with Gasteiger partial charge in [0.15, 0.2) is 9.84 Å². The zero-order valence-electron chi connectivity index (χ0n) is 17.3. The van der Waals surface area contributed by atoms with Crippen LogP contribution in [0.25, 0.3) is 0 Å². The average Bonchev–Trinajstić information content (AvgIpc) is 3.07. The number of carbonyl (C=O) groups excluding carboxylic acids is 2. The van der Waals surface area contributed by atoms with Crippen molar-refractivity contribution >= 4 is 21.8 Å². The first-order chi connectivity index (χ1) is 14.3. The third-order valence-electron chi connectivity index (χ3n) is 5.87. The maximum Gasteiger partial charge on any atom is 0.317 e. The molecule has 1 atom stereocenters. The summed E-state index contributed by atoms with van der Waals surface area (Å²) in [5.41, 5.74) is -0.682. The van der Waals surface area contributed by atoms with Gasteiger partial charge in [0.2, 0.25) is 0 Å². The van der Waals surface area contributed by atoms with E-state index in [1.807, 2.05) is 30.3 Å². The number of hydrogen-bond acceptors (Lipinski definition) is 6. The second-order valence-corrected chi connectivity index (χ2v) is 10.2. The topological polar surface area (TPSA) is 102 Å². The number of nitrogens with one attached hydrogen (secondary N) is 1. The molecule has 2 fully saturated rings. The van der Waals surface area contributed by atoms with Crippen LogP contribution in [0.2, 0.25) is 0 Å². The van der Waals surface area contributed by atoms with E-state index in [1.54, 1.807) is 11.8 Å². The van der Waals surface area contributed by atoms with E-state index in [0.29, 0.717) is 52.0 Å². The third kappa shape index (κ3) is 5.65. The van der Waals surface area contributed by atoms with Crippen LogP contribution < -0.4 is 10.1 Å². The van der Waals surface area contributed by atoms with Crippen molar-refractivity contribution in [3.05, 3.63) is 30.3 Å². The first-order valence-corrected chi connectivity index (χ1v) is 12.3. The lowest BCUT2D eigenvalue weighted by Crippen LogP contribution is -2.52. The van der Waals surface area contributed by atoms with Crippen molar-refractivity contribution in [2.24, 2.45) is 5.41 Å². The van der Waals surface area contributed by atoms with E-state index in [-0.39, 0.29) is 29.5 Å². The number of esters is 1. The minimum Gasteiger partial charge on any atom is -0.494 e. The quantitative estimate of drug-likeness (QED) is 0.654. The van der Waals surface area contributed by atoms with Crippen molar-refractivity contribution in [3.8, 4) is 5.75 Å². The summed E-state index contributed by atoms with van der Waals surface area (Å²) in [5.74, 6) is 0.616. The van der Waals surface area contributed by atoms with Gasteiger partial charge in [-0.25, -0.2) is 13.2 Å². The van der Waals surface area contributed by atoms with Crippen LogP contribution in [0.3, 0.4) is 0 Å². The minimum atomic E-state index is -3.05. The van der Waals surface area contributed by atoms with Crippen LogP contribution in [-0.4, -0.2) is 69.2 Å². The number of piperidine rings is 1. The Balaban J connectivity index is 1.55. The number of hydrogen-bond donors (Lipinski definition) is 1. The van der Waals surface area contributed by atoms with E-state index < -0.39 is 15.3 Å². The molecule has 2 amide bonds. The van der Waals surface area contributed by atoms with Crippen LogP contribution in [0.15, 0.2) is 30.3 Å². The molecule has 9 heteroatoms. The van der Waals surface area contributed by atoms with Crippen molar-refractivity contribution < 1.29 is 27.5 Å². The molecule has 8 nitrogen and oxygen atoms in total. The lowest BCUT2D eigenvalue weighted by atomic mass is 9.76. The van der Waals surface area contributed by atoms with Crippen LogP contribution >= 0.6 is 0 Å². The van der Waals surface area contributed by atoms with E-state index in [0.717, 1.165) is 5.75 Å². The van der Waals surface area contributed by atoms with Crippen LogP contribution in [0.4, 0.5) is 4.79 Å². The maximum absolute atomic E-state index is 12.7. The predicted molar refractivity (Wildman–Crippen MR) is 112 cm³/mol. The normalized spacial score (nSPS) is 22.3. The number of nitrogens with zero attached hydrogens (tertiary/aromatic N) is 1. The van der Waals surface area contributed by atoms with Crippen molar-refractivity contribution in [1.29, 1.82) is 0 Å². The molecule has 1 aromatic carbocycles. The van der Waals surface area contributed by atoms with E-state index in [1.165, 1.54) is 0 Å². The van der Waals surface area contributed by atoms with Gasteiger partial charge in [0.1, 0.15) is 5.75 Å². The highest BCUT2D eigenvalue weighted by atomic mass is 32.2. The van der Waals surface area contributed by atoms with Crippen molar-refractivity contribution in [1.82, 2.24) is 10.2 Å². The molecule has 0 spiro atoms. The van der Waals surface area contributed by atoms with Gasteiger partial charge in [0.05, 0.1) is 30.1 Å². The van der Waals surface area contributed by atoms with Crippen molar-refractivity contribution in [2.45, 2.75) is 38.6 Å². The number of ether oxygens (including phenoxy) is 2. The number of likely N-dealkylation sites (tertiary alicyclic amines) is 1. The average molecular weight is 439 g/mol. The molecule has 1 N–H and O–H groups in total. The summed E-state index contributed by atoms with van der Waals surface area (Å²) in [6.07, 6.45) is 1.93.